The van der Waals surface area contributed by atoms with Crippen molar-refractivity contribution in [3.8, 4) is 0 Å². The van der Waals surface area contributed by atoms with Crippen molar-refractivity contribution < 1.29 is 0 Å². The van der Waals surface area contributed by atoms with Crippen LogP contribution in [-0.2, 0) is 0 Å². The molecule has 0 spiro atoms. The van der Waals surface area contributed by atoms with E-state index >= 15 is 0 Å². The Bertz CT molecular complexity index is 498. The van der Waals surface area contributed by atoms with Gasteiger partial charge in [0, 0.05) is 23.8 Å². The van der Waals surface area contributed by atoms with Crippen molar-refractivity contribution in [2.75, 3.05) is 0 Å². The van der Waals surface area contributed by atoms with Crippen molar-refractivity contribution in [2.24, 2.45) is 11.7 Å². The van der Waals surface area contributed by atoms with E-state index in [1.54, 1.807) is 0 Å². The SMILES string of the molecule is NC(c1cccc2cnccc12)C1CCC1. The Kier molecular flexibility index (Phi) is 2.37. The highest BCUT2D eigenvalue weighted by molar-refractivity contribution is 5.85. The quantitative estimate of drug-likeness (QED) is 0.831. The topological polar surface area (TPSA) is 38.9 Å². The first kappa shape index (κ1) is 9.79. The molecule has 1 fully saturated rings. The maximum absolute atomic E-state index is 6.35. The molecule has 1 unspecified atom stereocenters. The van der Waals surface area contributed by atoms with Crippen LogP contribution < -0.4 is 5.73 Å². The lowest BCUT2D eigenvalue weighted by Crippen LogP contribution is -2.26. The van der Waals surface area contributed by atoms with Crippen LogP contribution in [0.4, 0.5) is 0 Å². The number of aromatic nitrogens is 1. The van der Waals surface area contributed by atoms with E-state index in [1.807, 2.05) is 12.4 Å². The predicted molar refractivity (Wildman–Crippen MR) is 66.0 cm³/mol. The molecule has 3 rings (SSSR count). The van der Waals surface area contributed by atoms with Crippen molar-refractivity contribution in [1.82, 2.24) is 4.98 Å². The highest BCUT2D eigenvalue weighted by atomic mass is 14.7. The van der Waals surface area contributed by atoms with Crippen molar-refractivity contribution in [3.05, 3.63) is 42.2 Å². The third-order valence-electron chi connectivity index (χ3n) is 3.73. The van der Waals surface area contributed by atoms with Gasteiger partial charge in [0.15, 0.2) is 0 Å². The lowest BCUT2D eigenvalue weighted by Gasteiger charge is -2.32. The number of pyridine rings is 1. The molecule has 0 amide bonds. The number of hydrogen-bond donors (Lipinski definition) is 1. The molecule has 0 saturated heterocycles. The number of rotatable bonds is 2. The van der Waals surface area contributed by atoms with Crippen molar-refractivity contribution >= 4 is 10.8 Å². The Labute approximate surface area is 95.5 Å². The average molecular weight is 212 g/mol. The van der Waals surface area contributed by atoms with E-state index in [0.717, 1.165) is 0 Å². The van der Waals surface area contributed by atoms with Crippen LogP contribution in [0.1, 0.15) is 30.9 Å². The van der Waals surface area contributed by atoms with Gasteiger partial charge in [-0.1, -0.05) is 24.6 Å². The van der Waals surface area contributed by atoms with Crippen LogP contribution in [-0.4, -0.2) is 4.98 Å². The minimum absolute atomic E-state index is 0.194. The van der Waals surface area contributed by atoms with Crippen molar-refractivity contribution in [2.45, 2.75) is 25.3 Å². The second-order valence-electron chi connectivity index (χ2n) is 4.66. The van der Waals surface area contributed by atoms with Gasteiger partial charge in [-0.2, -0.15) is 0 Å². The first-order valence-corrected chi connectivity index (χ1v) is 5.94. The summed E-state index contributed by atoms with van der Waals surface area (Å²) >= 11 is 0. The molecule has 1 saturated carbocycles. The molecule has 2 heteroatoms. The molecule has 0 bridgehead atoms. The standard InChI is InChI=1S/C14H16N2/c15-14(10-3-1-4-10)13-6-2-5-11-9-16-8-7-12(11)13/h2,5-10,14H,1,3-4,15H2. The smallest absolute Gasteiger partial charge is 0.0346 e. The van der Waals surface area contributed by atoms with Crippen molar-refractivity contribution in [1.29, 1.82) is 0 Å². The molecule has 1 aliphatic rings. The molecule has 1 aromatic carbocycles. The molecule has 2 nitrogen and oxygen atoms in total. The Morgan fingerprint density at radius 2 is 2.12 bits per heavy atom. The summed E-state index contributed by atoms with van der Waals surface area (Å²) in [5.41, 5.74) is 7.63. The molecule has 2 aromatic rings. The molecule has 1 heterocycles. The van der Waals surface area contributed by atoms with E-state index in [2.05, 4.69) is 29.2 Å². The van der Waals surface area contributed by atoms with Gasteiger partial charge in [0.25, 0.3) is 0 Å². The van der Waals surface area contributed by atoms with Crippen LogP contribution in [0, 0.1) is 5.92 Å². The van der Waals surface area contributed by atoms with Crippen LogP contribution in [0.25, 0.3) is 10.8 Å². The first-order valence-electron chi connectivity index (χ1n) is 5.94. The lowest BCUT2D eigenvalue weighted by molar-refractivity contribution is 0.265. The third-order valence-corrected chi connectivity index (χ3v) is 3.73. The van der Waals surface area contributed by atoms with E-state index in [-0.39, 0.29) is 6.04 Å². The predicted octanol–water partition coefficient (Wildman–Crippen LogP) is 3.03. The summed E-state index contributed by atoms with van der Waals surface area (Å²) in [6.45, 7) is 0. The van der Waals surface area contributed by atoms with Crippen molar-refractivity contribution in [3.63, 3.8) is 0 Å². The third kappa shape index (κ3) is 1.50. The zero-order valence-electron chi connectivity index (χ0n) is 9.26. The average Bonchev–Trinajstić information content (AvgIpc) is 2.26. The molecule has 1 aromatic heterocycles. The zero-order valence-corrected chi connectivity index (χ0v) is 9.26. The Morgan fingerprint density at radius 1 is 1.25 bits per heavy atom. The summed E-state index contributed by atoms with van der Waals surface area (Å²) < 4.78 is 0. The molecule has 0 aliphatic heterocycles. The minimum Gasteiger partial charge on any atom is -0.324 e. The van der Waals surface area contributed by atoms with Crippen LogP contribution in [0.15, 0.2) is 36.7 Å². The molecule has 1 atom stereocenters. The van der Waals surface area contributed by atoms with E-state index in [1.165, 1.54) is 35.6 Å². The molecule has 16 heavy (non-hydrogen) atoms. The fourth-order valence-corrected chi connectivity index (χ4v) is 2.49. The second-order valence-corrected chi connectivity index (χ2v) is 4.66. The molecule has 2 N–H and O–H groups in total. The first-order chi connectivity index (χ1) is 7.86. The minimum atomic E-state index is 0.194. The number of nitrogens with two attached hydrogens (primary N) is 1. The number of hydrogen-bond acceptors (Lipinski definition) is 2. The maximum atomic E-state index is 6.35. The second kappa shape index (κ2) is 3.87. The highest BCUT2D eigenvalue weighted by Gasteiger charge is 2.26. The zero-order chi connectivity index (χ0) is 11.0. The summed E-state index contributed by atoms with van der Waals surface area (Å²) in [4.78, 5) is 4.15. The van der Waals surface area contributed by atoms with Gasteiger partial charge in [0.1, 0.15) is 0 Å². The van der Waals surface area contributed by atoms with E-state index in [4.69, 9.17) is 5.73 Å². The van der Waals surface area contributed by atoms with E-state index in [9.17, 15) is 0 Å². The van der Waals surface area contributed by atoms with Gasteiger partial charge in [-0.3, -0.25) is 4.98 Å². The fraction of sp³-hybridized carbons (Fsp3) is 0.357. The van der Waals surface area contributed by atoms with Crippen LogP contribution >= 0.6 is 0 Å². The van der Waals surface area contributed by atoms with Crippen LogP contribution in [0.2, 0.25) is 0 Å². The Morgan fingerprint density at radius 3 is 2.88 bits per heavy atom. The maximum Gasteiger partial charge on any atom is 0.0346 e. The molecule has 0 radical (unpaired) electrons. The van der Waals surface area contributed by atoms with Gasteiger partial charge in [-0.15, -0.1) is 0 Å². The normalized spacial score (nSPS) is 18.3. The van der Waals surface area contributed by atoms with Gasteiger partial charge in [-0.25, -0.2) is 0 Å². The summed E-state index contributed by atoms with van der Waals surface area (Å²) in [5, 5.41) is 2.45. The van der Waals surface area contributed by atoms with Crippen LogP contribution in [0.5, 0.6) is 0 Å². The Balaban J connectivity index is 2.08. The van der Waals surface area contributed by atoms with Gasteiger partial charge in [-0.05, 0) is 35.8 Å². The van der Waals surface area contributed by atoms with Gasteiger partial charge in [0.2, 0.25) is 0 Å². The number of nitrogens with zero attached hydrogens (tertiary/aromatic N) is 1. The summed E-state index contributed by atoms with van der Waals surface area (Å²) in [7, 11) is 0. The van der Waals surface area contributed by atoms with E-state index < -0.39 is 0 Å². The van der Waals surface area contributed by atoms with Gasteiger partial charge >= 0.3 is 0 Å². The van der Waals surface area contributed by atoms with Gasteiger partial charge in [0.05, 0.1) is 0 Å². The largest absolute Gasteiger partial charge is 0.324 e. The Hall–Kier alpha value is -1.41. The molecule has 82 valence electrons. The highest BCUT2D eigenvalue weighted by Crippen LogP contribution is 2.38. The number of fused-ring (bicyclic) bond motifs is 1. The molecular weight excluding hydrogens is 196 g/mol. The van der Waals surface area contributed by atoms with Gasteiger partial charge < -0.3 is 5.73 Å². The summed E-state index contributed by atoms with van der Waals surface area (Å²) in [5.74, 6) is 0.679. The summed E-state index contributed by atoms with van der Waals surface area (Å²) in [6.07, 6.45) is 7.65. The summed E-state index contributed by atoms with van der Waals surface area (Å²) in [6, 6.07) is 8.60. The molecular formula is C14H16N2. The monoisotopic (exact) mass is 212 g/mol. The van der Waals surface area contributed by atoms with E-state index in [0.29, 0.717) is 5.92 Å². The molecule has 1 aliphatic carbocycles. The number of benzene rings is 1. The van der Waals surface area contributed by atoms with Crippen LogP contribution in [0.3, 0.4) is 0 Å². The lowest BCUT2D eigenvalue weighted by atomic mass is 9.77. The fourth-order valence-electron chi connectivity index (χ4n) is 2.49.